The molecule has 0 atom stereocenters. The Morgan fingerprint density at radius 3 is 1.26 bits per heavy atom. The lowest BCUT2D eigenvalue weighted by Crippen LogP contribution is -2.35. The summed E-state index contributed by atoms with van der Waals surface area (Å²) < 4.78 is 5.07. The molecule has 0 heterocycles. The third-order valence-corrected chi connectivity index (χ3v) is 10.1. The molecule has 8 nitrogen and oxygen atoms in total. The molecule has 0 aromatic rings. The van der Waals surface area contributed by atoms with Crippen LogP contribution in [0, 0.1) is 0 Å². The van der Waals surface area contributed by atoms with E-state index in [2.05, 4.69) is 4.90 Å². The summed E-state index contributed by atoms with van der Waals surface area (Å²) in [4.78, 5) is 2.05. The smallest absolute Gasteiger partial charge is 0.158 e. The maximum absolute atomic E-state index is 9.43. The number of nitrogens with zero attached hydrogens (tertiary/aromatic N) is 1. The fourth-order valence-corrected chi connectivity index (χ4v) is 4.75. The van der Waals surface area contributed by atoms with Crippen molar-refractivity contribution in [3.63, 3.8) is 0 Å². The molecule has 0 aliphatic rings. The summed E-state index contributed by atoms with van der Waals surface area (Å²) in [6, 6.07) is 0. The van der Waals surface area contributed by atoms with Crippen molar-refractivity contribution in [1.82, 2.24) is 4.90 Å². The van der Waals surface area contributed by atoms with Crippen LogP contribution >= 0.6 is 14.5 Å². The van der Waals surface area contributed by atoms with Gasteiger partial charge in [-0.3, -0.25) is 4.90 Å². The van der Waals surface area contributed by atoms with Crippen LogP contribution < -0.4 is 0 Å². The Morgan fingerprint density at radius 1 is 0.652 bits per heavy atom. The lowest BCUT2D eigenvalue weighted by Gasteiger charge is -2.28. The molecule has 0 bridgehead atoms. The zero-order valence-corrected chi connectivity index (χ0v) is 15.7. The molecular formula is C13H33NO7P2+2. The van der Waals surface area contributed by atoms with Crippen molar-refractivity contribution in [2.24, 2.45) is 0 Å². The highest BCUT2D eigenvalue weighted by atomic mass is 31.2. The molecule has 23 heavy (non-hydrogen) atoms. The molecule has 0 spiro atoms. The van der Waals surface area contributed by atoms with E-state index in [1.165, 1.54) is 0 Å². The Hall–Kier alpha value is 0.540. The van der Waals surface area contributed by atoms with Crippen LogP contribution in [-0.4, -0.2) is 119 Å². The molecule has 10 heteroatoms. The molecule has 6 N–H and O–H groups in total. The van der Waals surface area contributed by atoms with Crippen molar-refractivity contribution in [3.05, 3.63) is 0 Å². The lowest BCUT2D eigenvalue weighted by atomic mass is 10.5. The predicted octanol–water partition coefficient (Wildman–Crippen LogP) is -1.33. The molecule has 0 aromatic heterocycles. The maximum atomic E-state index is 9.43. The van der Waals surface area contributed by atoms with E-state index in [1.807, 2.05) is 0 Å². The van der Waals surface area contributed by atoms with Gasteiger partial charge in [-0.15, -0.1) is 0 Å². The lowest BCUT2D eigenvalue weighted by molar-refractivity contribution is 0.154. The first-order valence-corrected chi connectivity index (χ1v) is 12.6. The fourth-order valence-electron chi connectivity index (χ4n) is 1.96. The maximum Gasteiger partial charge on any atom is 0.158 e. The summed E-state index contributed by atoms with van der Waals surface area (Å²) >= 11 is 0. The molecule has 140 valence electrons. The van der Waals surface area contributed by atoms with E-state index in [-0.39, 0.29) is 38.1 Å². The van der Waals surface area contributed by atoms with Gasteiger partial charge < -0.3 is 35.4 Å². The molecule has 0 aliphatic carbocycles. The minimum Gasteiger partial charge on any atom is -0.383 e. The van der Waals surface area contributed by atoms with E-state index in [4.69, 9.17) is 4.74 Å². The van der Waals surface area contributed by atoms with Crippen LogP contribution in [0.4, 0.5) is 0 Å². The third-order valence-electron chi connectivity index (χ3n) is 4.19. The van der Waals surface area contributed by atoms with E-state index in [9.17, 15) is 30.6 Å². The summed E-state index contributed by atoms with van der Waals surface area (Å²) in [6.07, 6.45) is -0.139. The van der Waals surface area contributed by atoms with Crippen molar-refractivity contribution in [2.45, 2.75) is 0 Å². The molecule has 0 unspecified atom stereocenters. The highest BCUT2D eigenvalue weighted by Gasteiger charge is 2.38. The van der Waals surface area contributed by atoms with Crippen LogP contribution in [-0.2, 0) is 4.74 Å². The van der Waals surface area contributed by atoms with Crippen LogP contribution in [0.5, 0.6) is 0 Å². The monoisotopic (exact) mass is 377 g/mol. The highest BCUT2D eigenvalue weighted by molar-refractivity contribution is 7.75. The first-order valence-electron chi connectivity index (χ1n) is 7.57. The van der Waals surface area contributed by atoms with Gasteiger partial charge in [0.25, 0.3) is 0 Å². The van der Waals surface area contributed by atoms with Crippen molar-refractivity contribution in [2.75, 3.05) is 83.8 Å². The molecule has 0 rings (SSSR count). The van der Waals surface area contributed by atoms with Crippen molar-refractivity contribution < 1.29 is 35.4 Å². The molecule has 0 amide bonds. The number of hydrogen-bond donors (Lipinski definition) is 6. The van der Waals surface area contributed by atoms with Gasteiger partial charge in [-0.25, -0.2) is 0 Å². The van der Waals surface area contributed by atoms with Gasteiger partial charge >= 0.3 is 0 Å². The highest BCUT2D eigenvalue weighted by Crippen LogP contribution is 2.56. The van der Waals surface area contributed by atoms with Crippen LogP contribution in [0.15, 0.2) is 0 Å². The molecule has 0 fully saturated rings. The fraction of sp³-hybridized carbons (Fsp3) is 1.00. The second kappa shape index (κ2) is 12.8. The normalized spacial score (nSPS) is 13.0. The molecule has 0 radical (unpaired) electrons. The molecule has 0 saturated heterocycles. The van der Waals surface area contributed by atoms with Gasteiger partial charge in [0.15, 0.2) is 38.1 Å². The van der Waals surface area contributed by atoms with E-state index >= 15 is 0 Å². The Balaban J connectivity index is 4.68. The number of aliphatic hydroxyl groups excluding tert-OH is 6. The summed E-state index contributed by atoms with van der Waals surface area (Å²) in [5.74, 6) is 0. The van der Waals surface area contributed by atoms with Gasteiger partial charge in [0, 0.05) is 26.7 Å². The van der Waals surface area contributed by atoms with Gasteiger partial charge in [-0.1, -0.05) is 0 Å². The summed E-state index contributed by atoms with van der Waals surface area (Å²) in [7, 11) is -2.74. The third kappa shape index (κ3) is 7.97. The van der Waals surface area contributed by atoms with Crippen LogP contribution in [0.3, 0.4) is 0 Å². The summed E-state index contributed by atoms with van der Waals surface area (Å²) in [5, 5.41) is 56.6. The van der Waals surface area contributed by atoms with Gasteiger partial charge in [0.2, 0.25) is 0 Å². The Bertz CT molecular complexity index is 251. The van der Waals surface area contributed by atoms with Crippen LogP contribution in [0.1, 0.15) is 0 Å². The number of aliphatic hydroxyl groups is 6. The van der Waals surface area contributed by atoms with E-state index in [0.717, 1.165) is 0 Å². The van der Waals surface area contributed by atoms with Gasteiger partial charge in [-0.2, -0.15) is 0 Å². The number of hydrogen-bond acceptors (Lipinski definition) is 8. The quantitative estimate of drug-likeness (QED) is 0.193. The minimum atomic E-state index is -2.16. The standard InChI is InChI=1S/C13H33NO7P2/c1-21-5-2-14(3-6-22(8-15,9-16)10-17)4-7-23(11-18,12-19)13-20/h15-20H,2-13H2,1H3/q+2. The van der Waals surface area contributed by atoms with Crippen molar-refractivity contribution in [3.8, 4) is 0 Å². The Morgan fingerprint density at radius 2 is 1.00 bits per heavy atom. The molecule has 0 aliphatic heterocycles. The number of ether oxygens (including phenoxy) is 1. The van der Waals surface area contributed by atoms with E-state index in [0.29, 0.717) is 38.6 Å². The zero-order valence-electron chi connectivity index (χ0n) is 13.9. The predicted molar refractivity (Wildman–Crippen MR) is 94.4 cm³/mol. The largest absolute Gasteiger partial charge is 0.383 e. The molecule has 0 aromatic carbocycles. The summed E-state index contributed by atoms with van der Waals surface area (Å²) in [6.45, 7) is 2.27. The van der Waals surface area contributed by atoms with Gasteiger partial charge in [0.1, 0.15) is 0 Å². The van der Waals surface area contributed by atoms with E-state index in [1.54, 1.807) is 7.11 Å². The van der Waals surface area contributed by atoms with Crippen LogP contribution in [0.2, 0.25) is 0 Å². The Kier molecular flexibility index (Phi) is 13.1. The topological polar surface area (TPSA) is 134 Å². The summed E-state index contributed by atoms with van der Waals surface area (Å²) in [5.41, 5.74) is 0. The SMILES string of the molecule is COCCN(CC[P+](CO)(CO)CO)CC[P+](CO)(CO)CO. The average Bonchev–Trinajstić information content (AvgIpc) is 2.61. The molecular weight excluding hydrogens is 344 g/mol. The first-order chi connectivity index (χ1) is 11.0. The van der Waals surface area contributed by atoms with E-state index < -0.39 is 14.5 Å². The second-order valence-corrected chi connectivity index (χ2v) is 13.8. The average molecular weight is 377 g/mol. The first kappa shape index (κ1) is 23.5. The minimum absolute atomic E-state index is 0.195. The second-order valence-electron chi connectivity index (χ2n) is 5.81. The van der Waals surface area contributed by atoms with Gasteiger partial charge in [-0.05, 0) is 0 Å². The van der Waals surface area contributed by atoms with Crippen LogP contribution in [0.25, 0.3) is 0 Å². The van der Waals surface area contributed by atoms with Crippen molar-refractivity contribution in [1.29, 1.82) is 0 Å². The molecule has 0 saturated carbocycles. The Labute approximate surface area is 139 Å². The van der Waals surface area contributed by atoms with Crippen molar-refractivity contribution >= 4 is 14.5 Å². The number of methoxy groups -OCH3 is 1. The number of rotatable bonds is 15. The zero-order chi connectivity index (χ0) is 17.8. The van der Waals surface area contributed by atoms with Gasteiger partial charge in [0.05, 0.1) is 33.5 Å².